The lowest BCUT2D eigenvalue weighted by Crippen LogP contribution is -2.46. The Balaban J connectivity index is 1.83. The number of rotatable bonds is 3. The first-order chi connectivity index (χ1) is 11.8. The highest BCUT2D eigenvalue weighted by molar-refractivity contribution is 5.67. The van der Waals surface area contributed by atoms with Crippen molar-refractivity contribution in [2.75, 3.05) is 31.1 Å². The SMILES string of the molecule is NC[C@@H]1CN(c2cc(-c3ccccc3F)nc3ccnn23)CCO1. The normalized spacial score (nSPS) is 18.2. The van der Waals surface area contributed by atoms with E-state index in [2.05, 4.69) is 15.0 Å². The number of morpholine rings is 1. The van der Waals surface area contributed by atoms with Gasteiger partial charge in [0.25, 0.3) is 0 Å². The van der Waals surface area contributed by atoms with E-state index < -0.39 is 0 Å². The zero-order valence-electron chi connectivity index (χ0n) is 13.1. The maximum Gasteiger partial charge on any atom is 0.157 e. The summed E-state index contributed by atoms with van der Waals surface area (Å²) < 4.78 is 21.6. The predicted octanol–water partition coefficient (Wildman–Crippen LogP) is 1.70. The van der Waals surface area contributed by atoms with E-state index in [0.29, 0.717) is 36.6 Å². The molecule has 1 aromatic carbocycles. The number of hydrogen-bond donors (Lipinski definition) is 1. The maximum atomic E-state index is 14.2. The molecule has 0 aliphatic carbocycles. The second-order valence-corrected chi connectivity index (χ2v) is 5.76. The molecule has 1 aliphatic rings. The standard InChI is InChI=1S/C17H18FN5O/c18-14-4-2-1-3-13(14)15-9-17(23-16(21-15)5-6-20-23)22-7-8-24-12(10-19)11-22/h1-6,9,12H,7-8,10-11,19H2/t12-/m1/s1. The molecule has 2 aromatic heterocycles. The van der Waals surface area contributed by atoms with E-state index in [1.807, 2.05) is 12.1 Å². The minimum atomic E-state index is -0.290. The van der Waals surface area contributed by atoms with Gasteiger partial charge >= 0.3 is 0 Å². The number of aromatic nitrogens is 3. The molecule has 2 N–H and O–H groups in total. The summed E-state index contributed by atoms with van der Waals surface area (Å²) in [6, 6.07) is 10.3. The van der Waals surface area contributed by atoms with E-state index in [0.717, 1.165) is 12.4 Å². The van der Waals surface area contributed by atoms with Gasteiger partial charge in [0, 0.05) is 37.3 Å². The van der Waals surface area contributed by atoms with Gasteiger partial charge in [0.05, 0.1) is 24.6 Å². The van der Waals surface area contributed by atoms with E-state index in [1.54, 1.807) is 28.9 Å². The Labute approximate surface area is 138 Å². The minimum Gasteiger partial charge on any atom is -0.373 e. The van der Waals surface area contributed by atoms with Crippen LogP contribution in [0.3, 0.4) is 0 Å². The van der Waals surface area contributed by atoms with Gasteiger partial charge in [0.15, 0.2) is 5.65 Å². The zero-order valence-corrected chi connectivity index (χ0v) is 13.1. The Morgan fingerprint density at radius 2 is 2.17 bits per heavy atom. The van der Waals surface area contributed by atoms with Crippen LogP contribution in [0.25, 0.3) is 16.9 Å². The van der Waals surface area contributed by atoms with Crippen LogP contribution in [0.2, 0.25) is 0 Å². The van der Waals surface area contributed by atoms with Crippen molar-refractivity contribution >= 4 is 11.5 Å². The summed E-state index contributed by atoms with van der Waals surface area (Å²) in [5, 5.41) is 4.35. The number of benzene rings is 1. The molecule has 0 saturated carbocycles. The van der Waals surface area contributed by atoms with Gasteiger partial charge in [-0.3, -0.25) is 0 Å². The van der Waals surface area contributed by atoms with Gasteiger partial charge in [-0.25, -0.2) is 9.37 Å². The number of anilines is 1. The third-order valence-electron chi connectivity index (χ3n) is 4.22. The fourth-order valence-corrected chi connectivity index (χ4v) is 3.00. The average Bonchev–Trinajstić information content (AvgIpc) is 3.10. The van der Waals surface area contributed by atoms with Crippen LogP contribution in [-0.4, -0.2) is 46.9 Å². The van der Waals surface area contributed by atoms with Gasteiger partial charge in [-0.1, -0.05) is 12.1 Å². The second-order valence-electron chi connectivity index (χ2n) is 5.76. The van der Waals surface area contributed by atoms with Crippen LogP contribution in [0.4, 0.5) is 10.2 Å². The molecule has 3 heterocycles. The number of nitrogens with zero attached hydrogens (tertiary/aromatic N) is 4. The Morgan fingerprint density at radius 3 is 3.00 bits per heavy atom. The summed E-state index contributed by atoms with van der Waals surface area (Å²) in [6.07, 6.45) is 1.67. The lowest BCUT2D eigenvalue weighted by Gasteiger charge is -2.34. The van der Waals surface area contributed by atoms with Crippen molar-refractivity contribution in [3.05, 3.63) is 48.4 Å². The van der Waals surface area contributed by atoms with Crippen LogP contribution in [0.15, 0.2) is 42.6 Å². The molecule has 0 bridgehead atoms. The fourth-order valence-electron chi connectivity index (χ4n) is 3.00. The van der Waals surface area contributed by atoms with Crippen LogP contribution < -0.4 is 10.6 Å². The summed E-state index contributed by atoms with van der Waals surface area (Å²) in [6.45, 7) is 2.46. The van der Waals surface area contributed by atoms with Gasteiger partial charge in [-0.15, -0.1) is 0 Å². The molecule has 1 fully saturated rings. The van der Waals surface area contributed by atoms with E-state index in [-0.39, 0.29) is 11.9 Å². The van der Waals surface area contributed by atoms with Crippen LogP contribution in [0.1, 0.15) is 0 Å². The largest absolute Gasteiger partial charge is 0.373 e. The van der Waals surface area contributed by atoms with Crippen LogP contribution >= 0.6 is 0 Å². The smallest absolute Gasteiger partial charge is 0.157 e. The van der Waals surface area contributed by atoms with Gasteiger partial charge in [0.1, 0.15) is 11.6 Å². The highest BCUT2D eigenvalue weighted by atomic mass is 19.1. The lowest BCUT2D eigenvalue weighted by molar-refractivity contribution is 0.0461. The lowest BCUT2D eigenvalue weighted by atomic mass is 10.1. The van der Waals surface area contributed by atoms with E-state index in [1.165, 1.54) is 6.07 Å². The molecule has 24 heavy (non-hydrogen) atoms. The Bertz CT molecular complexity index is 865. The molecule has 0 unspecified atom stereocenters. The molecule has 0 spiro atoms. The van der Waals surface area contributed by atoms with Gasteiger partial charge in [-0.2, -0.15) is 9.61 Å². The number of fused-ring (bicyclic) bond motifs is 1. The molecule has 3 aromatic rings. The van der Waals surface area contributed by atoms with Gasteiger partial charge in [0.2, 0.25) is 0 Å². The molecule has 0 amide bonds. The first-order valence-corrected chi connectivity index (χ1v) is 7.92. The Kier molecular flexibility index (Phi) is 3.87. The summed E-state index contributed by atoms with van der Waals surface area (Å²) in [7, 11) is 0. The van der Waals surface area contributed by atoms with E-state index >= 15 is 0 Å². The number of ether oxygens (including phenoxy) is 1. The second kappa shape index (κ2) is 6.18. The molecular weight excluding hydrogens is 309 g/mol. The number of hydrogen-bond acceptors (Lipinski definition) is 5. The molecule has 0 radical (unpaired) electrons. The summed E-state index contributed by atoms with van der Waals surface area (Å²) in [5.41, 5.74) is 7.49. The number of halogens is 1. The summed E-state index contributed by atoms with van der Waals surface area (Å²) >= 11 is 0. The molecule has 1 atom stereocenters. The van der Waals surface area contributed by atoms with Crippen LogP contribution in [-0.2, 0) is 4.74 Å². The fraction of sp³-hybridized carbons (Fsp3) is 0.294. The highest BCUT2D eigenvalue weighted by Crippen LogP contribution is 2.27. The Morgan fingerprint density at radius 1 is 1.29 bits per heavy atom. The molecule has 1 aliphatic heterocycles. The number of nitrogens with two attached hydrogens (primary N) is 1. The molecule has 1 saturated heterocycles. The molecule has 7 heteroatoms. The minimum absolute atomic E-state index is 0.0190. The van der Waals surface area contributed by atoms with Crippen LogP contribution in [0, 0.1) is 5.82 Å². The maximum absolute atomic E-state index is 14.2. The third-order valence-corrected chi connectivity index (χ3v) is 4.22. The molecule has 6 nitrogen and oxygen atoms in total. The van der Waals surface area contributed by atoms with Crippen molar-refractivity contribution in [1.82, 2.24) is 14.6 Å². The molecule has 124 valence electrons. The van der Waals surface area contributed by atoms with Crippen molar-refractivity contribution in [2.45, 2.75) is 6.10 Å². The monoisotopic (exact) mass is 327 g/mol. The first-order valence-electron chi connectivity index (χ1n) is 7.92. The average molecular weight is 327 g/mol. The van der Waals surface area contributed by atoms with E-state index in [4.69, 9.17) is 10.5 Å². The quantitative estimate of drug-likeness (QED) is 0.793. The Hall–Kier alpha value is -2.51. The molecular formula is C17H18FN5O. The summed E-state index contributed by atoms with van der Waals surface area (Å²) in [5.74, 6) is 0.576. The molecule has 4 rings (SSSR count). The van der Waals surface area contributed by atoms with Crippen molar-refractivity contribution in [1.29, 1.82) is 0 Å². The zero-order chi connectivity index (χ0) is 16.5. The van der Waals surface area contributed by atoms with Crippen molar-refractivity contribution in [3.8, 4) is 11.3 Å². The van der Waals surface area contributed by atoms with Gasteiger partial charge in [-0.05, 0) is 12.1 Å². The van der Waals surface area contributed by atoms with Crippen LogP contribution in [0.5, 0.6) is 0 Å². The predicted molar refractivity (Wildman–Crippen MR) is 89.4 cm³/mol. The van der Waals surface area contributed by atoms with Gasteiger partial charge < -0.3 is 15.4 Å². The van der Waals surface area contributed by atoms with Crippen molar-refractivity contribution in [3.63, 3.8) is 0 Å². The first kappa shape index (κ1) is 15.0. The van der Waals surface area contributed by atoms with Crippen molar-refractivity contribution in [2.24, 2.45) is 5.73 Å². The van der Waals surface area contributed by atoms with E-state index in [9.17, 15) is 4.39 Å². The summed E-state index contributed by atoms with van der Waals surface area (Å²) in [4.78, 5) is 6.70. The topological polar surface area (TPSA) is 68.7 Å². The van der Waals surface area contributed by atoms with Crippen molar-refractivity contribution < 1.29 is 9.13 Å². The highest BCUT2D eigenvalue weighted by Gasteiger charge is 2.23. The third kappa shape index (κ3) is 2.61.